The Morgan fingerprint density at radius 3 is 2.50 bits per heavy atom. The lowest BCUT2D eigenvalue weighted by Gasteiger charge is -2.32. The normalized spacial score (nSPS) is 17.1. The highest BCUT2D eigenvalue weighted by atomic mass is 79.9. The van der Waals surface area contributed by atoms with Gasteiger partial charge in [-0.25, -0.2) is 14.8 Å². The quantitative estimate of drug-likeness (QED) is 0.253. The van der Waals surface area contributed by atoms with E-state index in [9.17, 15) is 9.59 Å². The third-order valence-corrected chi connectivity index (χ3v) is 9.49. The molecule has 10 nitrogen and oxygen atoms in total. The summed E-state index contributed by atoms with van der Waals surface area (Å²) in [5.41, 5.74) is 4.30. The molecule has 4 heterocycles. The van der Waals surface area contributed by atoms with Crippen molar-refractivity contribution in [2.24, 2.45) is 0 Å². The summed E-state index contributed by atoms with van der Waals surface area (Å²) in [6.45, 7) is 3.13. The molecule has 0 radical (unpaired) electrons. The van der Waals surface area contributed by atoms with E-state index in [-0.39, 0.29) is 17.1 Å². The van der Waals surface area contributed by atoms with E-state index in [1.165, 1.54) is 30.8 Å². The standard InChI is InChI=1S/C31H31BrN6O4/c32-23-6-3-7-25-27(23)28(39)35-31-37(22-4-1-2-5-22)26-16-20(8-9-24(26)38(25)31)19-10-12-36(13-11-19)14-15-42-30-33-17-21(18-34-30)29(40)41/h3,6-9,16-19,22H,1-2,4-5,10-15H2,(H,40,41). The fraction of sp³-hybridized carbons (Fsp3) is 0.387. The summed E-state index contributed by atoms with van der Waals surface area (Å²) < 4.78 is 10.9. The van der Waals surface area contributed by atoms with Gasteiger partial charge < -0.3 is 14.4 Å². The third kappa shape index (κ3) is 4.84. The van der Waals surface area contributed by atoms with Gasteiger partial charge in [-0.3, -0.25) is 14.1 Å². The van der Waals surface area contributed by atoms with Crippen LogP contribution in [0.2, 0.25) is 0 Å². The molecule has 0 atom stereocenters. The molecule has 2 aromatic carbocycles. The number of rotatable bonds is 7. The Hall–Kier alpha value is -3.83. The van der Waals surface area contributed by atoms with Crippen LogP contribution in [0.25, 0.3) is 27.7 Å². The van der Waals surface area contributed by atoms with E-state index in [0.717, 1.165) is 72.1 Å². The molecule has 5 aromatic rings. The van der Waals surface area contributed by atoms with E-state index in [1.54, 1.807) is 0 Å². The summed E-state index contributed by atoms with van der Waals surface area (Å²) in [4.78, 5) is 39.1. The number of imidazole rings is 1. The predicted molar refractivity (Wildman–Crippen MR) is 163 cm³/mol. The number of likely N-dealkylation sites (tertiary alicyclic amines) is 1. The van der Waals surface area contributed by atoms with Crippen LogP contribution in [0.4, 0.5) is 0 Å². The van der Waals surface area contributed by atoms with Crippen molar-refractivity contribution in [2.45, 2.75) is 50.5 Å². The average Bonchev–Trinajstić information content (AvgIpc) is 3.63. The molecule has 216 valence electrons. The molecule has 1 aliphatic carbocycles. The largest absolute Gasteiger partial charge is 0.478 e. The topological polar surface area (TPSA) is 115 Å². The molecule has 0 bridgehead atoms. The smallest absolute Gasteiger partial charge is 0.338 e. The first kappa shape index (κ1) is 27.0. The van der Waals surface area contributed by atoms with Crippen LogP contribution in [-0.4, -0.2) is 66.1 Å². The molecule has 1 saturated heterocycles. The maximum atomic E-state index is 13.2. The number of piperidine rings is 1. The highest BCUT2D eigenvalue weighted by Crippen LogP contribution is 2.38. The van der Waals surface area contributed by atoms with E-state index in [4.69, 9.17) is 9.84 Å². The van der Waals surface area contributed by atoms with Gasteiger partial charge in [-0.2, -0.15) is 4.98 Å². The van der Waals surface area contributed by atoms with Crippen molar-refractivity contribution in [3.05, 3.63) is 74.7 Å². The minimum absolute atomic E-state index is 0.0395. The van der Waals surface area contributed by atoms with Gasteiger partial charge in [-0.05, 0) is 90.4 Å². The number of hydrogen-bond acceptors (Lipinski definition) is 7. The van der Waals surface area contributed by atoms with Crippen molar-refractivity contribution in [1.82, 2.24) is 28.8 Å². The van der Waals surface area contributed by atoms with Crippen LogP contribution in [0, 0.1) is 0 Å². The average molecular weight is 632 g/mol. The van der Waals surface area contributed by atoms with E-state index in [0.29, 0.717) is 24.0 Å². The zero-order chi connectivity index (χ0) is 28.8. The van der Waals surface area contributed by atoms with Crippen molar-refractivity contribution < 1.29 is 14.6 Å². The van der Waals surface area contributed by atoms with Gasteiger partial charge >= 0.3 is 12.0 Å². The second-order valence-corrected chi connectivity index (χ2v) is 12.1. The number of nitrogens with zero attached hydrogens (tertiary/aromatic N) is 6. The van der Waals surface area contributed by atoms with Crippen LogP contribution in [0.3, 0.4) is 0 Å². The van der Waals surface area contributed by atoms with Gasteiger partial charge in [0, 0.05) is 29.5 Å². The zero-order valence-corrected chi connectivity index (χ0v) is 24.7. The van der Waals surface area contributed by atoms with Crippen LogP contribution in [0.1, 0.15) is 66.4 Å². The van der Waals surface area contributed by atoms with Crippen LogP contribution in [-0.2, 0) is 0 Å². The van der Waals surface area contributed by atoms with Gasteiger partial charge in [0.05, 0.1) is 27.5 Å². The van der Waals surface area contributed by atoms with E-state index in [1.807, 2.05) is 18.2 Å². The zero-order valence-electron chi connectivity index (χ0n) is 23.1. The SMILES string of the molecule is O=C(O)c1cnc(OCCN2CCC(c3ccc4c(c3)n(C3CCCC3)c3nc(=O)c5c(Br)cccc5n43)CC2)nc1. The van der Waals surface area contributed by atoms with Crippen molar-refractivity contribution >= 4 is 49.6 Å². The summed E-state index contributed by atoms with van der Waals surface area (Å²) in [6.07, 6.45) is 9.21. The van der Waals surface area contributed by atoms with Crippen LogP contribution in [0.5, 0.6) is 6.01 Å². The van der Waals surface area contributed by atoms with Crippen LogP contribution in [0.15, 0.2) is 58.1 Å². The molecular weight excluding hydrogens is 600 g/mol. The van der Waals surface area contributed by atoms with E-state index >= 15 is 0 Å². The van der Waals surface area contributed by atoms with Crippen LogP contribution < -0.4 is 10.3 Å². The lowest BCUT2D eigenvalue weighted by atomic mass is 9.89. The highest BCUT2D eigenvalue weighted by molar-refractivity contribution is 9.10. The lowest BCUT2D eigenvalue weighted by molar-refractivity contribution is 0.0695. The number of carboxylic acids is 1. The summed E-state index contributed by atoms with van der Waals surface area (Å²) in [6, 6.07) is 13.2. The molecule has 0 amide bonds. The Morgan fingerprint density at radius 2 is 1.76 bits per heavy atom. The molecule has 0 spiro atoms. The van der Waals surface area contributed by atoms with Gasteiger partial charge in [0.1, 0.15) is 6.61 Å². The molecule has 42 heavy (non-hydrogen) atoms. The van der Waals surface area contributed by atoms with Gasteiger partial charge in [0.2, 0.25) is 5.78 Å². The first-order valence-electron chi connectivity index (χ1n) is 14.5. The molecule has 11 heteroatoms. The highest BCUT2D eigenvalue weighted by Gasteiger charge is 2.26. The Morgan fingerprint density at radius 1 is 1.00 bits per heavy atom. The van der Waals surface area contributed by atoms with E-state index < -0.39 is 5.97 Å². The van der Waals surface area contributed by atoms with Crippen LogP contribution >= 0.6 is 15.9 Å². The lowest BCUT2D eigenvalue weighted by Crippen LogP contribution is -2.36. The minimum atomic E-state index is -1.06. The maximum absolute atomic E-state index is 13.2. The van der Waals surface area contributed by atoms with E-state index in [2.05, 4.69) is 62.9 Å². The summed E-state index contributed by atoms with van der Waals surface area (Å²) in [5, 5.41) is 9.60. The van der Waals surface area contributed by atoms with Gasteiger partial charge in [-0.1, -0.05) is 25.0 Å². The number of benzene rings is 2. The monoisotopic (exact) mass is 630 g/mol. The molecule has 1 saturated carbocycles. The van der Waals surface area contributed by atoms with Gasteiger partial charge in [0.15, 0.2) is 0 Å². The Kier molecular flexibility index (Phi) is 7.15. The predicted octanol–water partition coefficient (Wildman–Crippen LogP) is 5.43. The summed E-state index contributed by atoms with van der Waals surface area (Å²) in [7, 11) is 0. The number of carboxylic acid groups (broad SMARTS) is 1. The second kappa shape index (κ2) is 11.1. The molecule has 2 fully saturated rings. The number of carbonyl (C=O) groups is 1. The fourth-order valence-electron chi connectivity index (χ4n) is 6.68. The minimum Gasteiger partial charge on any atom is -0.478 e. The molecule has 3 aromatic heterocycles. The number of aromatic nitrogens is 5. The summed E-state index contributed by atoms with van der Waals surface area (Å²) in [5.74, 6) is 0.130. The molecule has 7 rings (SSSR count). The molecular formula is C31H31BrN6O4. The number of fused-ring (bicyclic) bond motifs is 5. The Bertz CT molecular complexity index is 1850. The molecule has 1 aliphatic heterocycles. The molecule has 1 N–H and O–H groups in total. The fourth-order valence-corrected chi connectivity index (χ4v) is 7.20. The third-order valence-electron chi connectivity index (χ3n) is 8.83. The van der Waals surface area contributed by atoms with Crippen molar-refractivity contribution in [3.8, 4) is 6.01 Å². The Balaban J connectivity index is 1.12. The van der Waals surface area contributed by atoms with Gasteiger partial charge in [-0.15, -0.1) is 0 Å². The van der Waals surface area contributed by atoms with Crippen molar-refractivity contribution in [1.29, 1.82) is 0 Å². The van der Waals surface area contributed by atoms with Gasteiger partial charge in [0.25, 0.3) is 5.56 Å². The van der Waals surface area contributed by atoms with Crippen molar-refractivity contribution in [3.63, 3.8) is 0 Å². The molecule has 2 aliphatic rings. The number of aromatic carboxylic acids is 1. The number of halogens is 1. The maximum Gasteiger partial charge on any atom is 0.338 e. The number of hydrogen-bond donors (Lipinski definition) is 1. The Labute approximate surface area is 250 Å². The number of ether oxygens (including phenoxy) is 1. The second-order valence-electron chi connectivity index (χ2n) is 11.3. The van der Waals surface area contributed by atoms with Crippen molar-refractivity contribution in [2.75, 3.05) is 26.2 Å². The first-order valence-corrected chi connectivity index (χ1v) is 15.3. The summed E-state index contributed by atoms with van der Waals surface area (Å²) >= 11 is 3.58. The molecule has 0 unspecified atom stereocenters. The first-order chi connectivity index (χ1) is 20.5.